The SMILES string of the molecule is NC(=O)NCCn1c(C2CC2)nc2cc(C(=O)O)ccc21. The third-order valence-corrected chi connectivity index (χ3v) is 3.60. The number of hydrogen-bond donors (Lipinski definition) is 3. The Morgan fingerprint density at radius 3 is 2.81 bits per heavy atom. The van der Waals surface area contributed by atoms with Crippen molar-refractivity contribution in [3.8, 4) is 0 Å². The van der Waals surface area contributed by atoms with Crippen molar-refractivity contribution in [1.29, 1.82) is 0 Å². The van der Waals surface area contributed by atoms with E-state index in [0.717, 1.165) is 24.2 Å². The van der Waals surface area contributed by atoms with Crippen molar-refractivity contribution in [1.82, 2.24) is 14.9 Å². The molecule has 110 valence electrons. The van der Waals surface area contributed by atoms with Crippen LogP contribution in [0.1, 0.15) is 34.9 Å². The van der Waals surface area contributed by atoms with Crippen molar-refractivity contribution >= 4 is 23.0 Å². The zero-order valence-corrected chi connectivity index (χ0v) is 11.4. The molecular formula is C14H16N4O3. The Morgan fingerprint density at radius 2 is 2.19 bits per heavy atom. The lowest BCUT2D eigenvalue weighted by atomic mass is 10.2. The molecule has 0 aliphatic heterocycles. The van der Waals surface area contributed by atoms with Crippen LogP contribution in [0.3, 0.4) is 0 Å². The predicted molar refractivity (Wildman–Crippen MR) is 76.3 cm³/mol. The number of nitrogens with one attached hydrogen (secondary N) is 1. The first-order chi connectivity index (χ1) is 10.1. The van der Waals surface area contributed by atoms with Crippen molar-refractivity contribution in [2.45, 2.75) is 25.3 Å². The number of amides is 2. The minimum atomic E-state index is -0.963. The van der Waals surface area contributed by atoms with E-state index in [1.54, 1.807) is 18.2 Å². The molecule has 0 saturated heterocycles. The maximum Gasteiger partial charge on any atom is 0.335 e. The standard InChI is InChI=1S/C14H16N4O3/c15-14(21)16-5-6-18-11-4-3-9(13(19)20)7-10(11)17-12(18)8-1-2-8/h3-4,7-8H,1-2,5-6H2,(H,19,20)(H3,15,16,21). The number of carbonyl (C=O) groups is 2. The number of urea groups is 1. The van der Waals surface area contributed by atoms with Crippen LogP contribution in [-0.2, 0) is 6.54 Å². The van der Waals surface area contributed by atoms with E-state index in [1.807, 2.05) is 4.57 Å². The molecule has 21 heavy (non-hydrogen) atoms. The zero-order valence-electron chi connectivity index (χ0n) is 11.4. The van der Waals surface area contributed by atoms with Gasteiger partial charge in [-0.3, -0.25) is 0 Å². The number of carboxylic acids is 1. The fourth-order valence-corrected chi connectivity index (χ4v) is 2.46. The van der Waals surface area contributed by atoms with Crippen LogP contribution in [-0.4, -0.2) is 33.2 Å². The van der Waals surface area contributed by atoms with Crippen molar-refractivity contribution < 1.29 is 14.7 Å². The molecule has 1 saturated carbocycles. The molecule has 1 heterocycles. The van der Waals surface area contributed by atoms with E-state index >= 15 is 0 Å². The molecule has 0 bridgehead atoms. The molecule has 1 aromatic carbocycles. The van der Waals surface area contributed by atoms with Gasteiger partial charge in [0.25, 0.3) is 0 Å². The number of fused-ring (bicyclic) bond motifs is 1. The topological polar surface area (TPSA) is 110 Å². The first-order valence-electron chi connectivity index (χ1n) is 6.83. The monoisotopic (exact) mass is 288 g/mol. The summed E-state index contributed by atoms with van der Waals surface area (Å²) in [4.78, 5) is 26.4. The van der Waals surface area contributed by atoms with Crippen molar-refractivity contribution in [2.75, 3.05) is 6.54 Å². The number of carbonyl (C=O) groups excluding carboxylic acids is 1. The van der Waals surface area contributed by atoms with Crippen LogP contribution in [0.25, 0.3) is 11.0 Å². The lowest BCUT2D eigenvalue weighted by Crippen LogP contribution is -2.32. The third-order valence-electron chi connectivity index (χ3n) is 3.60. The molecule has 2 amide bonds. The van der Waals surface area contributed by atoms with Crippen LogP contribution >= 0.6 is 0 Å². The van der Waals surface area contributed by atoms with Crippen LogP contribution in [0.15, 0.2) is 18.2 Å². The fraction of sp³-hybridized carbons (Fsp3) is 0.357. The molecule has 1 fully saturated rings. The van der Waals surface area contributed by atoms with Crippen LogP contribution in [0.5, 0.6) is 0 Å². The van der Waals surface area contributed by atoms with Gasteiger partial charge >= 0.3 is 12.0 Å². The van der Waals surface area contributed by atoms with Gasteiger partial charge in [-0.1, -0.05) is 0 Å². The number of carboxylic acid groups (broad SMARTS) is 1. The number of aromatic carboxylic acids is 1. The van der Waals surface area contributed by atoms with Crippen molar-refractivity contribution in [2.24, 2.45) is 5.73 Å². The molecule has 0 spiro atoms. The maximum absolute atomic E-state index is 11.0. The minimum absolute atomic E-state index is 0.227. The molecule has 0 unspecified atom stereocenters. The van der Waals surface area contributed by atoms with Gasteiger partial charge in [0.15, 0.2) is 0 Å². The van der Waals surface area contributed by atoms with Gasteiger partial charge < -0.3 is 20.7 Å². The summed E-state index contributed by atoms with van der Waals surface area (Å²) in [5, 5.41) is 11.6. The Bertz CT molecular complexity index is 718. The highest BCUT2D eigenvalue weighted by molar-refractivity contribution is 5.92. The highest BCUT2D eigenvalue weighted by Crippen LogP contribution is 2.40. The lowest BCUT2D eigenvalue weighted by Gasteiger charge is -2.09. The Morgan fingerprint density at radius 1 is 1.43 bits per heavy atom. The molecule has 1 aliphatic rings. The van der Waals surface area contributed by atoms with Gasteiger partial charge in [-0.25, -0.2) is 14.6 Å². The van der Waals surface area contributed by atoms with Crippen LogP contribution in [0.4, 0.5) is 4.79 Å². The summed E-state index contributed by atoms with van der Waals surface area (Å²) in [5.74, 6) is 0.424. The van der Waals surface area contributed by atoms with Crippen LogP contribution in [0.2, 0.25) is 0 Å². The number of benzene rings is 1. The Labute approximate surface area is 120 Å². The average Bonchev–Trinajstić information content (AvgIpc) is 3.21. The Balaban J connectivity index is 1.97. The van der Waals surface area contributed by atoms with Gasteiger partial charge in [0.1, 0.15) is 5.82 Å². The summed E-state index contributed by atoms with van der Waals surface area (Å²) in [7, 11) is 0. The Kier molecular flexibility index (Phi) is 3.25. The number of nitrogens with zero attached hydrogens (tertiary/aromatic N) is 2. The van der Waals surface area contributed by atoms with Gasteiger partial charge in [0.2, 0.25) is 0 Å². The van der Waals surface area contributed by atoms with Crippen LogP contribution < -0.4 is 11.1 Å². The molecule has 4 N–H and O–H groups in total. The molecule has 7 nitrogen and oxygen atoms in total. The van der Waals surface area contributed by atoms with Crippen molar-refractivity contribution in [3.05, 3.63) is 29.6 Å². The molecule has 0 radical (unpaired) electrons. The summed E-state index contributed by atoms with van der Waals surface area (Å²) in [6.45, 7) is 0.985. The van der Waals surface area contributed by atoms with E-state index in [-0.39, 0.29) is 5.56 Å². The summed E-state index contributed by atoms with van der Waals surface area (Å²) < 4.78 is 2.04. The number of imidazole rings is 1. The molecule has 1 aliphatic carbocycles. The van der Waals surface area contributed by atoms with Gasteiger partial charge in [0.05, 0.1) is 16.6 Å². The normalized spacial score (nSPS) is 14.3. The average molecular weight is 288 g/mol. The van der Waals surface area contributed by atoms with E-state index in [4.69, 9.17) is 10.8 Å². The highest BCUT2D eigenvalue weighted by Gasteiger charge is 2.29. The molecule has 0 atom stereocenters. The molecule has 2 aromatic rings. The van der Waals surface area contributed by atoms with Crippen LogP contribution in [0, 0.1) is 0 Å². The second kappa shape index (κ2) is 5.08. The van der Waals surface area contributed by atoms with Gasteiger partial charge in [-0.2, -0.15) is 0 Å². The number of nitrogens with two attached hydrogens (primary N) is 1. The van der Waals surface area contributed by atoms with E-state index < -0.39 is 12.0 Å². The van der Waals surface area contributed by atoms with E-state index in [1.165, 1.54) is 0 Å². The first-order valence-corrected chi connectivity index (χ1v) is 6.83. The van der Waals surface area contributed by atoms with Gasteiger partial charge in [-0.15, -0.1) is 0 Å². The summed E-state index contributed by atoms with van der Waals surface area (Å²) >= 11 is 0. The van der Waals surface area contributed by atoms with Gasteiger partial charge in [-0.05, 0) is 31.0 Å². The van der Waals surface area contributed by atoms with E-state index in [9.17, 15) is 9.59 Å². The lowest BCUT2D eigenvalue weighted by molar-refractivity contribution is 0.0697. The molecule has 1 aromatic heterocycles. The Hall–Kier alpha value is -2.57. The number of aromatic nitrogens is 2. The zero-order chi connectivity index (χ0) is 15.0. The molecule has 7 heteroatoms. The second-order valence-electron chi connectivity index (χ2n) is 5.20. The number of hydrogen-bond acceptors (Lipinski definition) is 3. The summed E-state index contributed by atoms with van der Waals surface area (Å²) in [6.07, 6.45) is 2.19. The number of rotatable bonds is 5. The quantitative estimate of drug-likeness (QED) is 0.769. The second-order valence-corrected chi connectivity index (χ2v) is 5.20. The molecule has 3 rings (SSSR count). The van der Waals surface area contributed by atoms with E-state index in [2.05, 4.69) is 10.3 Å². The first kappa shape index (κ1) is 13.4. The van der Waals surface area contributed by atoms with E-state index in [0.29, 0.717) is 24.5 Å². The maximum atomic E-state index is 11.0. The minimum Gasteiger partial charge on any atom is -0.478 e. The largest absolute Gasteiger partial charge is 0.478 e. The predicted octanol–water partition coefficient (Wildman–Crippen LogP) is 1.28. The fourth-order valence-electron chi connectivity index (χ4n) is 2.46. The molecular weight excluding hydrogens is 272 g/mol. The van der Waals surface area contributed by atoms with Gasteiger partial charge in [0, 0.05) is 19.0 Å². The summed E-state index contributed by atoms with van der Waals surface area (Å²) in [6, 6.07) is 4.37. The highest BCUT2D eigenvalue weighted by atomic mass is 16.4. The number of primary amides is 1. The van der Waals surface area contributed by atoms with Crippen molar-refractivity contribution in [3.63, 3.8) is 0 Å². The third kappa shape index (κ3) is 2.67. The smallest absolute Gasteiger partial charge is 0.335 e. The summed E-state index contributed by atoms with van der Waals surface area (Å²) in [5.41, 5.74) is 6.85.